The quantitative estimate of drug-likeness (QED) is 0.394. The van der Waals surface area contributed by atoms with Crippen molar-refractivity contribution in [1.82, 2.24) is 9.78 Å². The van der Waals surface area contributed by atoms with E-state index in [0.717, 1.165) is 40.7 Å². The van der Waals surface area contributed by atoms with Gasteiger partial charge >= 0.3 is 5.97 Å². The molecule has 5 nitrogen and oxygen atoms in total. The van der Waals surface area contributed by atoms with Gasteiger partial charge in [0.25, 0.3) is 0 Å². The number of hydrogen-bond donors (Lipinski definition) is 1. The Kier molecular flexibility index (Phi) is 7.20. The zero-order valence-corrected chi connectivity index (χ0v) is 17.2. The van der Waals surface area contributed by atoms with Crippen molar-refractivity contribution >= 4 is 28.6 Å². The first-order chi connectivity index (χ1) is 14.1. The molecule has 0 unspecified atom stereocenters. The second-order valence-corrected chi connectivity index (χ2v) is 7.77. The summed E-state index contributed by atoms with van der Waals surface area (Å²) in [6.45, 7) is 1.37. The van der Waals surface area contributed by atoms with Crippen LogP contribution < -0.4 is 4.74 Å². The minimum Gasteiger partial charge on any atom is -0.489 e. The molecule has 3 rings (SSSR count). The second-order valence-electron chi connectivity index (χ2n) is 6.78. The SMILES string of the molecule is C#C[C@@H](CC(=O)O)c1ccc(OCc2ccc3c(cnn3CCCSC)c2)cc1. The second kappa shape index (κ2) is 10.0. The van der Waals surface area contributed by atoms with Gasteiger partial charge in [-0.15, -0.1) is 6.42 Å². The summed E-state index contributed by atoms with van der Waals surface area (Å²) in [6.07, 6.45) is 10.5. The molecular formula is C23H24N2O3S. The minimum absolute atomic E-state index is 0.0817. The molecule has 29 heavy (non-hydrogen) atoms. The first-order valence-corrected chi connectivity index (χ1v) is 10.8. The molecule has 1 heterocycles. The van der Waals surface area contributed by atoms with Gasteiger partial charge in [0.1, 0.15) is 12.4 Å². The predicted octanol–water partition coefficient (Wildman–Crippen LogP) is 4.56. The maximum atomic E-state index is 10.9. The van der Waals surface area contributed by atoms with E-state index in [1.807, 2.05) is 46.9 Å². The van der Waals surface area contributed by atoms with Crippen LogP contribution in [-0.4, -0.2) is 32.9 Å². The molecule has 0 saturated carbocycles. The molecule has 2 aromatic carbocycles. The smallest absolute Gasteiger partial charge is 0.304 e. The van der Waals surface area contributed by atoms with Gasteiger partial charge < -0.3 is 9.84 Å². The van der Waals surface area contributed by atoms with E-state index in [1.165, 1.54) is 0 Å². The van der Waals surface area contributed by atoms with E-state index in [9.17, 15) is 4.79 Å². The van der Waals surface area contributed by atoms with Crippen molar-refractivity contribution in [3.8, 4) is 18.1 Å². The molecule has 1 N–H and O–H groups in total. The molecule has 0 amide bonds. The Balaban J connectivity index is 1.61. The van der Waals surface area contributed by atoms with E-state index in [2.05, 4.69) is 35.5 Å². The highest BCUT2D eigenvalue weighted by atomic mass is 32.2. The van der Waals surface area contributed by atoms with E-state index >= 15 is 0 Å². The third kappa shape index (κ3) is 5.55. The average Bonchev–Trinajstić information content (AvgIpc) is 3.13. The summed E-state index contributed by atoms with van der Waals surface area (Å²) in [7, 11) is 0. The van der Waals surface area contributed by atoms with Crippen molar-refractivity contribution in [3.05, 3.63) is 59.8 Å². The Morgan fingerprint density at radius 3 is 2.79 bits per heavy atom. The molecule has 0 radical (unpaired) electrons. The number of terminal acetylenes is 1. The average molecular weight is 409 g/mol. The Bertz CT molecular complexity index is 1010. The molecule has 0 spiro atoms. The number of fused-ring (bicyclic) bond motifs is 1. The maximum absolute atomic E-state index is 10.9. The summed E-state index contributed by atoms with van der Waals surface area (Å²) >= 11 is 1.85. The van der Waals surface area contributed by atoms with Crippen molar-refractivity contribution in [2.24, 2.45) is 0 Å². The molecule has 0 bridgehead atoms. The lowest BCUT2D eigenvalue weighted by Gasteiger charge is -2.11. The van der Waals surface area contributed by atoms with Crippen LogP contribution in [0.25, 0.3) is 10.9 Å². The lowest BCUT2D eigenvalue weighted by atomic mass is 9.97. The molecule has 0 saturated heterocycles. The topological polar surface area (TPSA) is 64.3 Å². The number of rotatable bonds is 10. The Morgan fingerprint density at radius 2 is 2.10 bits per heavy atom. The van der Waals surface area contributed by atoms with E-state index in [1.54, 1.807) is 0 Å². The largest absolute Gasteiger partial charge is 0.489 e. The van der Waals surface area contributed by atoms with Crippen molar-refractivity contribution in [2.75, 3.05) is 12.0 Å². The first-order valence-electron chi connectivity index (χ1n) is 9.44. The molecule has 0 aliphatic carbocycles. The highest BCUT2D eigenvalue weighted by molar-refractivity contribution is 7.98. The fraction of sp³-hybridized carbons (Fsp3) is 0.304. The number of thioether (sulfide) groups is 1. The van der Waals surface area contributed by atoms with Crippen LogP contribution in [0.1, 0.15) is 29.9 Å². The fourth-order valence-electron chi connectivity index (χ4n) is 3.17. The van der Waals surface area contributed by atoms with Crippen molar-refractivity contribution in [3.63, 3.8) is 0 Å². The number of nitrogens with zero attached hydrogens (tertiary/aromatic N) is 2. The normalized spacial score (nSPS) is 11.9. The first kappa shape index (κ1) is 20.8. The number of hydrogen-bond acceptors (Lipinski definition) is 4. The predicted molar refractivity (Wildman–Crippen MR) is 117 cm³/mol. The summed E-state index contributed by atoms with van der Waals surface area (Å²) in [4.78, 5) is 10.9. The van der Waals surface area contributed by atoms with Crippen LogP contribution in [0, 0.1) is 12.3 Å². The number of carbonyl (C=O) groups is 1. The van der Waals surface area contributed by atoms with Crippen LogP contribution in [0.4, 0.5) is 0 Å². The summed E-state index contributed by atoms with van der Waals surface area (Å²) in [5.41, 5.74) is 3.01. The Labute approximate surface area is 175 Å². The van der Waals surface area contributed by atoms with Crippen LogP contribution in [0.2, 0.25) is 0 Å². The van der Waals surface area contributed by atoms with Crippen LogP contribution in [0.3, 0.4) is 0 Å². The fourth-order valence-corrected chi connectivity index (χ4v) is 3.59. The van der Waals surface area contributed by atoms with Crippen molar-refractivity contribution in [2.45, 2.75) is 31.9 Å². The molecular weight excluding hydrogens is 384 g/mol. The number of carboxylic acids is 1. The van der Waals surface area contributed by atoms with Gasteiger partial charge in [-0.1, -0.05) is 24.1 Å². The van der Waals surface area contributed by atoms with Gasteiger partial charge in [-0.2, -0.15) is 16.9 Å². The van der Waals surface area contributed by atoms with Crippen LogP contribution in [0.5, 0.6) is 5.75 Å². The molecule has 150 valence electrons. The zero-order chi connectivity index (χ0) is 20.6. The molecule has 0 aliphatic rings. The van der Waals surface area contributed by atoms with E-state index < -0.39 is 11.9 Å². The van der Waals surface area contributed by atoms with Gasteiger partial charge in [0.15, 0.2) is 0 Å². The monoisotopic (exact) mass is 408 g/mol. The van der Waals surface area contributed by atoms with Gasteiger partial charge in [0.05, 0.1) is 24.1 Å². The maximum Gasteiger partial charge on any atom is 0.304 e. The van der Waals surface area contributed by atoms with Crippen molar-refractivity contribution in [1.29, 1.82) is 0 Å². The Hall–Kier alpha value is -2.91. The van der Waals surface area contributed by atoms with E-state index in [0.29, 0.717) is 12.4 Å². The molecule has 6 heteroatoms. The molecule has 0 fully saturated rings. The van der Waals surface area contributed by atoms with E-state index in [4.69, 9.17) is 16.3 Å². The Morgan fingerprint density at radius 1 is 1.31 bits per heavy atom. The highest BCUT2D eigenvalue weighted by Gasteiger charge is 2.13. The van der Waals surface area contributed by atoms with Crippen LogP contribution in [-0.2, 0) is 17.9 Å². The van der Waals surface area contributed by atoms with Crippen LogP contribution in [0.15, 0.2) is 48.7 Å². The van der Waals surface area contributed by atoms with Gasteiger partial charge in [-0.25, -0.2) is 0 Å². The lowest BCUT2D eigenvalue weighted by Crippen LogP contribution is -2.04. The number of carboxylic acid groups (broad SMARTS) is 1. The van der Waals surface area contributed by atoms with Gasteiger partial charge in [-0.3, -0.25) is 9.48 Å². The molecule has 1 aromatic heterocycles. The van der Waals surface area contributed by atoms with Gasteiger partial charge in [0.2, 0.25) is 0 Å². The van der Waals surface area contributed by atoms with E-state index in [-0.39, 0.29) is 6.42 Å². The number of aryl methyl sites for hydroxylation is 1. The summed E-state index contributed by atoms with van der Waals surface area (Å²) in [5.74, 6) is 3.04. The van der Waals surface area contributed by atoms with Gasteiger partial charge in [0, 0.05) is 11.9 Å². The van der Waals surface area contributed by atoms with Gasteiger partial charge in [-0.05, 0) is 53.8 Å². The molecule has 3 aromatic rings. The summed E-state index contributed by atoms with van der Waals surface area (Å²) in [6, 6.07) is 13.5. The minimum atomic E-state index is -0.906. The summed E-state index contributed by atoms with van der Waals surface area (Å²) in [5, 5.41) is 14.5. The third-order valence-electron chi connectivity index (χ3n) is 4.69. The zero-order valence-electron chi connectivity index (χ0n) is 16.4. The lowest BCUT2D eigenvalue weighted by molar-refractivity contribution is -0.137. The summed E-state index contributed by atoms with van der Waals surface area (Å²) < 4.78 is 7.93. The van der Waals surface area contributed by atoms with Crippen molar-refractivity contribution < 1.29 is 14.6 Å². The number of aromatic nitrogens is 2. The number of aliphatic carboxylic acids is 1. The number of benzene rings is 2. The number of ether oxygens (including phenoxy) is 1. The van der Waals surface area contributed by atoms with Crippen LogP contribution >= 0.6 is 11.8 Å². The molecule has 1 atom stereocenters. The highest BCUT2D eigenvalue weighted by Crippen LogP contribution is 2.23. The standard InChI is InChI=1S/C23H24N2O3S/c1-3-18(14-23(26)27)19-6-8-21(9-7-19)28-16-17-5-10-22-20(13-17)15-24-25(22)11-4-12-29-2/h1,5-10,13,15,18H,4,11-12,14,16H2,2H3,(H,26,27)/t18-/m0/s1. The molecule has 0 aliphatic heterocycles. The third-order valence-corrected chi connectivity index (χ3v) is 5.39.